The lowest BCUT2D eigenvalue weighted by molar-refractivity contribution is 1.16. The number of rotatable bonds is 2. The third-order valence-electron chi connectivity index (χ3n) is 14.3. The first-order valence-electron chi connectivity index (χ1n) is 21.5. The summed E-state index contributed by atoms with van der Waals surface area (Å²) in [5.41, 5.74) is 24.1. The summed E-state index contributed by atoms with van der Waals surface area (Å²) < 4.78 is 5.28. The van der Waals surface area contributed by atoms with Crippen molar-refractivity contribution in [2.24, 2.45) is 0 Å². The molecule has 0 fully saturated rings. The van der Waals surface area contributed by atoms with Gasteiger partial charge in [-0.15, -0.1) is 0 Å². The molecule has 11 aromatic rings. The number of aromatic nitrogens is 2. The first-order valence-corrected chi connectivity index (χ1v) is 21.5. The molecule has 0 bridgehead atoms. The van der Waals surface area contributed by atoms with Crippen LogP contribution in [0.15, 0.2) is 146 Å². The SMILES string of the molecule is Cc1cc(C)c(B2c3cc4c(cc3-n3c5cc6ccccc6cc5c5cccc2c53)B(c2c(C)cc(C)cc2C)c2cccc3c5cc6ccccc6cc5n-4c23)c(C)c1. The van der Waals surface area contributed by atoms with Crippen LogP contribution in [0.4, 0.5) is 0 Å². The molecule has 13 rings (SSSR count). The van der Waals surface area contributed by atoms with E-state index in [0.29, 0.717) is 0 Å². The molecule has 2 aromatic heterocycles. The van der Waals surface area contributed by atoms with Crippen molar-refractivity contribution in [3.8, 4) is 11.4 Å². The van der Waals surface area contributed by atoms with E-state index in [1.165, 1.54) is 143 Å². The average Bonchev–Trinajstić information content (AvgIpc) is 3.73. The van der Waals surface area contributed by atoms with Crippen LogP contribution in [0.3, 0.4) is 0 Å². The number of aryl methyl sites for hydroxylation is 6. The molecular weight excluding hydrogens is 722 g/mol. The van der Waals surface area contributed by atoms with Gasteiger partial charge in [0.2, 0.25) is 13.4 Å². The summed E-state index contributed by atoms with van der Waals surface area (Å²) in [6, 6.07) is 56.4. The van der Waals surface area contributed by atoms with Crippen molar-refractivity contribution in [3.05, 3.63) is 179 Å². The normalized spacial score (nSPS) is 13.1. The lowest BCUT2D eigenvalue weighted by atomic mass is 9.32. The molecule has 0 amide bonds. The van der Waals surface area contributed by atoms with E-state index in [1.807, 2.05) is 0 Å². The van der Waals surface area contributed by atoms with E-state index in [0.717, 1.165) is 0 Å². The van der Waals surface area contributed by atoms with Crippen LogP contribution >= 0.6 is 0 Å². The molecule has 60 heavy (non-hydrogen) atoms. The Labute approximate surface area is 350 Å². The van der Waals surface area contributed by atoms with Crippen LogP contribution in [0.1, 0.15) is 33.4 Å². The molecule has 0 aliphatic carbocycles. The van der Waals surface area contributed by atoms with Gasteiger partial charge in [-0.1, -0.05) is 154 Å². The van der Waals surface area contributed by atoms with Crippen molar-refractivity contribution in [2.75, 3.05) is 0 Å². The summed E-state index contributed by atoms with van der Waals surface area (Å²) in [4.78, 5) is 0. The van der Waals surface area contributed by atoms with Crippen molar-refractivity contribution < 1.29 is 0 Å². The van der Waals surface area contributed by atoms with Crippen molar-refractivity contribution in [3.63, 3.8) is 0 Å². The van der Waals surface area contributed by atoms with E-state index >= 15 is 0 Å². The van der Waals surface area contributed by atoms with Crippen LogP contribution in [0.25, 0.3) is 76.5 Å². The molecule has 0 N–H and O–H groups in total. The largest absolute Gasteiger partial charge is 0.310 e. The molecule has 0 unspecified atom stereocenters. The van der Waals surface area contributed by atoms with Gasteiger partial charge in [0.05, 0.1) is 11.0 Å². The molecule has 0 radical (unpaired) electrons. The molecule has 4 heteroatoms. The van der Waals surface area contributed by atoms with Crippen LogP contribution in [-0.4, -0.2) is 22.6 Å². The molecule has 2 aliphatic rings. The summed E-state index contributed by atoms with van der Waals surface area (Å²) in [7, 11) is 0. The zero-order valence-corrected chi connectivity index (χ0v) is 34.9. The van der Waals surface area contributed by atoms with Gasteiger partial charge in [0.25, 0.3) is 0 Å². The van der Waals surface area contributed by atoms with E-state index in [1.54, 1.807) is 0 Å². The molecule has 4 heterocycles. The fraction of sp³-hybridized carbons (Fsp3) is 0.107. The second-order valence-electron chi connectivity index (χ2n) is 18.1. The van der Waals surface area contributed by atoms with E-state index in [2.05, 4.69) is 196 Å². The lowest BCUT2D eigenvalue weighted by Crippen LogP contribution is -2.61. The van der Waals surface area contributed by atoms with Crippen LogP contribution in [0.2, 0.25) is 0 Å². The maximum Gasteiger partial charge on any atom is 0.247 e. The van der Waals surface area contributed by atoms with E-state index in [4.69, 9.17) is 0 Å². The molecule has 0 spiro atoms. The minimum Gasteiger partial charge on any atom is -0.310 e. The first kappa shape index (κ1) is 34.1. The third kappa shape index (κ3) is 4.41. The summed E-state index contributed by atoms with van der Waals surface area (Å²) in [5, 5.41) is 10.3. The summed E-state index contributed by atoms with van der Waals surface area (Å²) in [6.45, 7) is 13.9. The second-order valence-corrected chi connectivity index (χ2v) is 18.1. The van der Waals surface area contributed by atoms with Crippen LogP contribution in [0.5, 0.6) is 0 Å². The highest BCUT2D eigenvalue weighted by Gasteiger charge is 2.41. The summed E-state index contributed by atoms with van der Waals surface area (Å²) in [6.07, 6.45) is 0. The second kappa shape index (κ2) is 11.9. The Morgan fingerprint density at radius 2 is 0.700 bits per heavy atom. The van der Waals surface area contributed by atoms with E-state index < -0.39 is 0 Å². The number of fused-ring (bicyclic) bond motifs is 12. The van der Waals surface area contributed by atoms with Crippen molar-refractivity contribution in [1.82, 2.24) is 9.13 Å². The Hall–Kier alpha value is -6.77. The standard InChI is InChI=1S/C56H42B2N2/c1-31-21-33(3)53(34(4)22-31)57-45-19-11-17-41-43-25-37-13-7-9-15-39(37)27-49(43)59(55(41)45)51-30-48-52(29-47(51)57)60-50-28-40-16-10-8-14-38(40)26-44(50)42-18-12-20-46(56(42)60)58(48)54-35(5)23-32(2)24-36(54)6/h7-30H,1-6H3. The monoisotopic (exact) mass is 764 g/mol. The Balaban J connectivity index is 1.25. The Kier molecular flexibility index (Phi) is 6.78. The van der Waals surface area contributed by atoms with Crippen molar-refractivity contribution >= 4 is 111 Å². The Bertz CT molecular complexity index is 3460. The maximum absolute atomic E-state index is 2.64. The van der Waals surface area contributed by atoms with E-state index in [-0.39, 0.29) is 13.4 Å². The Morgan fingerprint density at radius 1 is 0.333 bits per heavy atom. The molecule has 282 valence electrons. The minimum atomic E-state index is 0.0532. The Morgan fingerprint density at radius 3 is 1.08 bits per heavy atom. The smallest absolute Gasteiger partial charge is 0.247 e. The maximum atomic E-state index is 2.64. The zero-order valence-electron chi connectivity index (χ0n) is 34.9. The van der Waals surface area contributed by atoms with Gasteiger partial charge in [-0.05, 0) is 121 Å². The topological polar surface area (TPSA) is 9.86 Å². The van der Waals surface area contributed by atoms with Gasteiger partial charge in [-0.25, -0.2) is 0 Å². The molecule has 0 atom stereocenters. The number of hydrogen-bond acceptors (Lipinski definition) is 0. The summed E-state index contributed by atoms with van der Waals surface area (Å²) in [5.74, 6) is 0. The number of hydrogen-bond donors (Lipinski definition) is 0. The third-order valence-corrected chi connectivity index (χ3v) is 14.3. The molecule has 2 aliphatic heterocycles. The molecule has 9 aromatic carbocycles. The number of para-hydroxylation sites is 2. The minimum absolute atomic E-state index is 0.0532. The van der Waals surface area contributed by atoms with Gasteiger partial charge in [0.15, 0.2) is 0 Å². The predicted molar refractivity (Wildman–Crippen MR) is 261 cm³/mol. The summed E-state index contributed by atoms with van der Waals surface area (Å²) >= 11 is 0. The number of benzene rings is 9. The van der Waals surface area contributed by atoms with Gasteiger partial charge in [0, 0.05) is 44.0 Å². The van der Waals surface area contributed by atoms with Gasteiger partial charge in [0.1, 0.15) is 0 Å². The van der Waals surface area contributed by atoms with Crippen molar-refractivity contribution in [2.45, 2.75) is 41.5 Å². The lowest BCUT2D eigenvalue weighted by Gasteiger charge is -2.34. The first-order chi connectivity index (χ1) is 29.2. The van der Waals surface area contributed by atoms with Gasteiger partial charge in [-0.3, -0.25) is 0 Å². The molecular formula is C56H42B2N2. The molecule has 0 saturated carbocycles. The highest BCUT2D eigenvalue weighted by Crippen LogP contribution is 2.39. The van der Waals surface area contributed by atoms with Gasteiger partial charge in [-0.2, -0.15) is 0 Å². The van der Waals surface area contributed by atoms with Crippen LogP contribution < -0.4 is 32.8 Å². The van der Waals surface area contributed by atoms with Gasteiger partial charge >= 0.3 is 0 Å². The van der Waals surface area contributed by atoms with Gasteiger partial charge < -0.3 is 9.13 Å². The number of nitrogens with zero attached hydrogens (tertiary/aromatic N) is 2. The molecule has 2 nitrogen and oxygen atoms in total. The molecule has 0 saturated heterocycles. The average molecular weight is 765 g/mol. The zero-order chi connectivity index (χ0) is 40.3. The fourth-order valence-corrected chi connectivity index (χ4v) is 12.2. The quantitative estimate of drug-likeness (QED) is 0.155. The highest BCUT2D eigenvalue weighted by atomic mass is 15.0. The van der Waals surface area contributed by atoms with Crippen LogP contribution in [0, 0.1) is 41.5 Å². The fourth-order valence-electron chi connectivity index (χ4n) is 12.2. The van der Waals surface area contributed by atoms with Crippen LogP contribution in [-0.2, 0) is 0 Å². The predicted octanol–water partition coefficient (Wildman–Crippen LogP) is 9.70. The highest BCUT2D eigenvalue weighted by molar-refractivity contribution is 7.00. The van der Waals surface area contributed by atoms with Crippen molar-refractivity contribution in [1.29, 1.82) is 0 Å². The van der Waals surface area contributed by atoms with E-state index in [9.17, 15) is 0 Å².